The third-order valence-electron chi connectivity index (χ3n) is 1.37. The summed E-state index contributed by atoms with van der Waals surface area (Å²) in [4.78, 5) is 0. The molecular formula is C6H16N2O3S. The Balaban J connectivity index is 3.23. The zero-order valence-corrected chi connectivity index (χ0v) is 7.97. The van der Waals surface area contributed by atoms with Gasteiger partial charge in [-0.05, 0) is 19.8 Å². The summed E-state index contributed by atoms with van der Waals surface area (Å²) in [7, 11) is -4.01. The largest absolute Gasteiger partial charge is 0.333 e. The molecule has 0 bridgehead atoms. The fraction of sp³-hybridized carbons (Fsp3) is 1.00. The minimum atomic E-state index is -4.01. The molecule has 74 valence electrons. The third kappa shape index (κ3) is 9.83. The number of hydrogen-bond donors (Lipinski definition) is 3. The van der Waals surface area contributed by atoms with Gasteiger partial charge in [0, 0.05) is 12.6 Å². The molecule has 0 aliphatic rings. The number of hydrogen-bond acceptors (Lipinski definition) is 3. The average Bonchev–Trinajstić information content (AvgIpc) is 1.83. The molecule has 0 aromatic rings. The molecule has 0 fully saturated rings. The molecule has 1 atom stereocenters. The van der Waals surface area contributed by atoms with Gasteiger partial charge in [0.15, 0.2) is 0 Å². The number of nitrogens with two attached hydrogens (primary N) is 1. The second-order valence-electron chi connectivity index (χ2n) is 2.84. The summed E-state index contributed by atoms with van der Waals surface area (Å²) in [6.45, 7) is 2.17. The minimum Gasteiger partial charge on any atom is -0.328 e. The van der Waals surface area contributed by atoms with Crippen molar-refractivity contribution < 1.29 is 13.0 Å². The topological polar surface area (TPSA) is 92.4 Å². The Kier molecular flexibility index (Phi) is 5.39. The number of rotatable bonds is 6. The highest BCUT2D eigenvalue weighted by atomic mass is 32.2. The normalized spacial score (nSPS) is 14.6. The highest BCUT2D eigenvalue weighted by Gasteiger charge is 2.01. The lowest BCUT2D eigenvalue weighted by molar-refractivity contribution is 0.464. The lowest BCUT2D eigenvalue weighted by Crippen LogP contribution is -2.24. The first-order valence-corrected chi connectivity index (χ1v) is 5.33. The van der Waals surface area contributed by atoms with Crippen molar-refractivity contribution in [1.82, 2.24) is 4.72 Å². The number of nitrogens with one attached hydrogen (secondary N) is 1. The Bertz CT molecular complexity index is 201. The van der Waals surface area contributed by atoms with E-state index in [1.165, 1.54) is 0 Å². The standard InChI is InChI=1S/C6H16N2O3S/c1-6(7)4-2-3-5-8-12(9,10)11/h6,8H,2-5,7H2,1H3,(H,9,10,11). The van der Waals surface area contributed by atoms with E-state index in [1.807, 2.05) is 11.6 Å². The molecule has 0 aliphatic heterocycles. The Morgan fingerprint density at radius 1 is 1.50 bits per heavy atom. The van der Waals surface area contributed by atoms with Crippen LogP contribution in [0.25, 0.3) is 0 Å². The predicted octanol–water partition coefficient (Wildman–Crippen LogP) is -0.104. The monoisotopic (exact) mass is 196 g/mol. The molecule has 0 saturated carbocycles. The summed E-state index contributed by atoms with van der Waals surface area (Å²) in [5.74, 6) is 0. The Morgan fingerprint density at radius 3 is 2.50 bits per heavy atom. The Labute approximate surface area is 73.2 Å². The summed E-state index contributed by atoms with van der Waals surface area (Å²) in [6.07, 6.45) is 2.43. The van der Waals surface area contributed by atoms with Crippen molar-refractivity contribution in [3.05, 3.63) is 0 Å². The smallest absolute Gasteiger partial charge is 0.328 e. The molecule has 0 saturated heterocycles. The molecule has 4 N–H and O–H groups in total. The second-order valence-corrected chi connectivity index (χ2v) is 4.08. The maximum atomic E-state index is 10.1. The van der Waals surface area contributed by atoms with Crippen LogP contribution in [-0.4, -0.2) is 25.6 Å². The van der Waals surface area contributed by atoms with Crippen molar-refractivity contribution in [2.75, 3.05) is 6.54 Å². The van der Waals surface area contributed by atoms with Crippen LogP contribution in [0.1, 0.15) is 26.2 Å². The minimum absolute atomic E-state index is 0.149. The van der Waals surface area contributed by atoms with E-state index >= 15 is 0 Å². The van der Waals surface area contributed by atoms with E-state index in [1.54, 1.807) is 0 Å². The summed E-state index contributed by atoms with van der Waals surface area (Å²) in [5, 5.41) is 0. The van der Waals surface area contributed by atoms with Crippen LogP contribution in [0.2, 0.25) is 0 Å². The molecular weight excluding hydrogens is 180 g/mol. The Hall–Kier alpha value is -0.170. The van der Waals surface area contributed by atoms with E-state index in [-0.39, 0.29) is 12.6 Å². The molecule has 0 aromatic heterocycles. The summed E-state index contributed by atoms with van der Waals surface area (Å²) >= 11 is 0. The van der Waals surface area contributed by atoms with Gasteiger partial charge in [-0.3, -0.25) is 4.55 Å². The molecule has 1 unspecified atom stereocenters. The van der Waals surface area contributed by atoms with Crippen LogP contribution in [-0.2, 0) is 10.3 Å². The molecule has 0 amide bonds. The Morgan fingerprint density at radius 2 is 2.08 bits per heavy atom. The van der Waals surface area contributed by atoms with Gasteiger partial charge in [-0.1, -0.05) is 6.42 Å². The van der Waals surface area contributed by atoms with E-state index in [2.05, 4.69) is 0 Å². The van der Waals surface area contributed by atoms with Crippen molar-refractivity contribution in [3.63, 3.8) is 0 Å². The van der Waals surface area contributed by atoms with Gasteiger partial charge in [0.25, 0.3) is 0 Å². The molecule has 12 heavy (non-hydrogen) atoms. The van der Waals surface area contributed by atoms with Gasteiger partial charge in [0.05, 0.1) is 0 Å². The van der Waals surface area contributed by atoms with E-state index < -0.39 is 10.3 Å². The maximum absolute atomic E-state index is 10.1. The molecule has 6 heteroatoms. The highest BCUT2D eigenvalue weighted by Crippen LogP contribution is 1.96. The van der Waals surface area contributed by atoms with Crippen LogP contribution >= 0.6 is 0 Å². The van der Waals surface area contributed by atoms with E-state index in [0.717, 1.165) is 12.8 Å². The fourth-order valence-corrected chi connectivity index (χ4v) is 1.19. The first-order chi connectivity index (χ1) is 5.42. The van der Waals surface area contributed by atoms with Crippen molar-refractivity contribution in [3.8, 4) is 0 Å². The van der Waals surface area contributed by atoms with Crippen LogP contribution in [0.4, 0.5) is 0 Å². The van der Waals surface area contributed by atoms with Crippen LogP contribution in [0.3, 0.4) is 0 Å². The fourth-order valence-electron chi connectivity index (χ4n) is 0.792. The zero-order valence-electron chi connectivity index (χ0n) is 7.16. The zero-order chi connectivity index (χ0) is 9.61. The SMILES string of the molecule is CC(N)CCCCNS(=O)(=O)O. The quantitative estimate of drug-likeness (QED) is 0.408. The van der Waals surface area contributed by atoms with Crippen molar-refractivity contribution >= 4 is 10.3 Å². The highest BCUT2D eigenvalue weighted by molar-refractivity contribution is 7.83. The number of unbranched alkanes of at least 4 members (excludes halogenated alkanes) is 1. The van der Waals surface area contributed by atoms with Crippen molar-refractivity contribution in [1.29, 1.82) is 0 Å². The van der Waals surface area contributed by atoms with Gasteiger partial charge in [-0.15, -0.1) is 0 Å². The van der Waals surface area contributed by atoms with Crippen LogP contribution in [0, 0.1) is 0 Å². The molecule has 0 aliphatic carbocycles. The van der Waals surface area contributed by atoms with Crippen LogP contribution in [0.15, 0.2) is 0 Å². The van der Waals surface area contributed by atoms with Crippen molar-refractivity contribution in [2.24, 2.45) is 5.73 Å². The first kappa shape index (κ1) is 11.8. The lowest BCUT2D eigenvalue weighted by Gasteiger charge is -2.03. The summed E-state index contributed by atoms with van der Waals surface area (Å²) in [5.41, 5.74) is 5.47. The second kappa shape index (κ2) is 5.47. The van der Waals surface area contributed by atoms with Crippen LogP contribution < -0.4 is 10.5 Å². The van der Waals surface area contributed by atoms with Crippen molar-refractivity contribution in [2.45, 2.75) is 32.2 Å². The molecule has 0 aromatic carbocycles. The summed E-state index contributed by atoms with van der Waals surface area (Å²) in [6, 6.07) is 0.149. The van der Waals surface area contributed by atoms with Gasteiger partial charge >= 0.3 is 10.3 Å². The van der Waals surface area contributed by atoms with Gasteiger partial charge in [-0.2, -0.15) is 13.1 Å². The molecule has 5 nitrogen and oxygen atoms in total. The van der Waals surface area contributed by atoms with E-state index in [9.17, 15) is 8.42 Å². The first-order valence-electron chi connectivity index (χ1n) is 3.89. The average molecular weight is 196 g/mol. The predicted molar refractivity (Wildman–Crippen MR) is 47.1 cm³/mol. The van der Waals surface area contributed by atoms with Gasteiger partial charge < -0.3 is 5.73 Å². The lowest BCUT2D eigenvalue weighted by atomic mass is 10.1. The van der Waals surface area contributed by atoms with E-state index in [0.29, 0.717) is 6.42 Å². The molecule has 0 spiro atoms. The maximum Gasteiger partial charge on any atom is 0.333 e. The summed E-state index contributed by atoms with van der Waals surface area (Å²) < 4.78 is 30.5. The van der Waals surface area contributed by atoms with E-state index in [4.69, 9.17) is 10.3 Å². The van der Waals surface area contributed by atoms with Gasteiger partial charge in [0.2, 0.25) is 0 Å². The van der Waals surface area contributed by atoms with Gasteiger partial charge in [-0.25, -0.2) is 0 Å². The molecule has 0 rings (SSSR count). The third-order valence-corrected chi connectivity index (χ3v) is 1.94. The van der Waals surface area contributed by atoms with Gasteiger partial charge in [0.1, 0.15) is 0 Å². The van der Waals surface area contributed by atoms with Crippen LogP contribution in [0.5, 0.6) is 0 Å². The molecule has 0 radical (unpaired) electrons. The molecule has 0 heterocycles.